The minimum atomic E-state index is 0.419. The van der Waals surface area contributed by atoms with E-state index >= 15 is 0 Å². The molecule has 18 heavy (non-hydrogen) atoms. The van der Waals surface area contributed by atoms with Gasteiger partial charge in [0.2, 0.25) is 0 Å². The Morgan fingerprint density at radius 2 is 1.78 bits per heavy atom. The van der Waals surface area contributed by atoms with E-state index in [4.69, 9.17) is 5.73 Å². The molecular weight excluding hydrogens is 226 g/mol. The van der Waals surface area contributed by atoms with Gasteiger partial charge < -0.3 is 15.5 Å². The molecular formula is C13H21N5. The van der Waals surface area contributed by atoms with Crippen molar-refractivity contribution in [3.63, 3.8) is 0 Å². The zero-order valence-electron chi connectivity index (χ0n) is 11.0. The average Bonchev–Trinajstić information content (AvgIpc) is 2.80. The van der Waals surface area contributed by atoms with Crippen LogP contribution in [0.1, 0.15) is 30.7 Å². The molecule has 1 aromatic heterocycles. The Kier molecular flexibility index (Phi) is 3.07. The van der Waals surface area contributed by atoms with E-state index in [2.05, 4.69) is 26.8 Å². The molecule has 5 nitrogen and oxygen atoms in total. The van der Waals surface area contributed by atoms with E-state index in [0.717, 1.165) is 43.5 Å². The van der Waals surface area contributed by atoms with Crippen LogP contribution in [0.25, 0.3) is 0 Å². The second kappa shape index (κ2) is 4.72. The molecule has 0 spiro atoms. The van der Waals surface area contributed by atoms with Crippen molar-refractivity contribution in [3.05, 3.63) is 11.4 Å². The molecule has 3 rings (SSSR count). The quantitative estimate of drug-likeness (QED) is 0.842. The van der Waals surface area contributed by atoms with Gasteiger partial charge in [0.15, 0.2) is 0 Å². The van der Waals surface area contributed by atoms with Crippen molar-refractivity contribution < 1.29 is 0 Å². The Labute approximate surface area is 108 Å². The van der Waals surface area contributed by atoms with Gasteiger partial charge in [0, 0.05) is 32.2 Å². The minimum absolute atomic E-state index is 0.419. The first kappa shape index (κ1) is 11.7. The topological polar surface area (TPSA) is 58.3 Å². The van der Waals surface area contributed by atoms with Crippen LogP contribution < -0.4 is 15.5 Å². The third-order valence-corrected chi connectivity index (χ3v) is 3.91. The summed E-state index contributed by atoms with van der Waals surface area (Å²) in [4.78, 5) is 13.9. The predicted octanol–water partition coefficient (Wildman–Crippen LogP) is 0.918. The molecule has 1 aromatic rings. The molecule has 1 saturated heterocycles. The van der Waals surface area contributed by atoms with Crippen LogP contribution in [0.3, 0.4) is 0 Å². The lowest BCUT2D eigenvalue weighted by Gasteiger charge is -2.29. The van der Waals surface area contributed by atoms with Gasteiger partial charge >= 0.3 is 0 Å². The van der Waals surface area contributed by atoms with Crippen LogP contribution >= 0.6 is 0 Å². The van der Waals surface area contributed by atoms with Crippen molar-refractivity contribution in [1.29, 1.82) is 0 Å². The summed E-state index contributed by atoms with van der Waals surface area (Å²) >= 11 is 0. The zero-order chi connectivity index (χ0) is 12.5. The fraction of sp³-hybridized carbons (Fsp3) is 0.692. The third-order valence-electron chi connectivity index (χ3n) is 3.91. The largest absolute Gasteiger partial charge is 0.359 e. The highest BCUT2D eigenvalue weighted by Gasteiger charge is 2.26. The summed E-state index contributed by atoms with van der Waals surface area (Å²) in [5.74, 6) is 3.00. The molecule has 0 aliphatic carbocycles. The molecule has 3 heterocycles. The van der Waals surface area contributed by atoms with E-state index in [1.807, 2.05) is 0 Å². The smallest absolute Gasteiger partial charge is 0.146 e. The Balaban J connectivity index is 2.01. The fourth-order valence-corrected chi connectivity index (χ4v) is 2.89. The number of fused-ring (bicyclic) bond motifs is 1. The van der Waals surface area contributed by atoms with E-state index in [1.54, 1.807) is 0 Å². The summed E-state index contributed by atoms with van der Waals surface area (Å²) in [6.45, 7) is 3.70. The number of rotatable bonds is 2. The monoisotopic (exact) mass is 247 g/mol. The first-order chi connectivity index (χ1) is 8.79. The number of aromatic nitrogens is 2. The van der Waals surface area contributed by atoms with Crippen LogP contribution in [-0.4, -0.2) is 36.6 Å². The van der Waals surface area contributed by atoms with Gasteiger partial charge in [-0.1, -0.05) is 0 Å². The molecule has 1 fully saturated rings. The maximum absolute atomic E-state index is 5.73. The molecule has 2 aliphatic rings. The summed E-state index contributed by atoms with van der Waals surface area (Å²) in [5, 5.41) is 0. The number of hydrogen-bond acceptors (Lipinski definition) is 5. The molecule has 0 saturated carbocycles. The van der Waals surface area contributed by atoms with Gasteiger partial charge in [-0.05, 0) is 25.7 Å². The van der Waals surface area contributed by atoms with E-state index in [-0.39, 0.29) is 0 Å². The predicted molar refractivity (Wildman–Crippen MR) is 73.0 cm³/mol. The molecule has 98 valence electrons. The highest BCUT2D eigenvalue weighted by Crippen LogP contribution is 2.33. The van der Waals surface area contributed by atoms with Crippen LogP contribution in [0.5, 0.6) is 0 Å². The number of nitrogens with two attached hydrogens (primary N) is 1. The molecule has 5 heteroatoms. The number of anilines is 2. The van der Waals surface area contributed by atoms with Gasteiger partial charge in [-0.25, -0.2) is 9.97 Å². The van der Waals surface area contributed by atoms with Gasteiger partial charge in [-0.15, -0.1) is 0 Å². The molecule has 0 atom stereocenters. The van der Waals surface area contributed by atoms with Gasteiger partial charge in [0.05, 0.1) is 6.54 Å². The lowest BCUT2D eigenvalue weighted by Crippen LogP contribution is -2.31. The lowest BCUT2D eigenvalue weighted by molar-refractivity contribution is 0.570. The normalized spacial score (nSPS) is 19.2. The number of piperidine rings is 1. The van der Waals surface area contributed by atoms with Gasteiger partial charge in [0.25, 0.3) is 0 Å². The standard InChI is InChI=1S/C13H21N5/c1-17-8-5-10-12(17)15-11(9-14)16-13(10)18-6-3-2-4-7-18/h2-9,14H2,1H3. The highest BCUT2D eigenvalue weighted by atomic mass is 15.3. The van der Waals surface area contributed by atoms with Crippen molar-refractivity contribution in [3.8, 4) is 0 Å². The van der Waals surface area contributed by atoms with E-state index in [0.29, 0.717) is 6.54 Å². The maximum atomic E-state index is 5.73. The second-order valence-electron chi connectivity index (χ2n) is 5.19. The van der Waals surface area contributed by atoms with E-state index in [9.17, 15) is 0 Å². The SMILES string of the molecule is CN1CCc2c1nc(CN)nc2N1CCCCC1. The Hall–Kier alpha value is -1.36. The summed E-state index contributed by atoms with van der Waals surface area (Å²) in [7, 11) is 2.10. The summed E-state index contributed by atoms with van der Waals surface area (Å²) in [6, 6.07) is 0. The van der Waals surface area contributed by atoms with Crippen LogP contribution in [0.15, 0.2) is 0 Å². The number of hydrogen-bond donors (Lipinski definition) is 1. The van der Waals surface area contributed by atoms with Crippen LogP contribution in [0.2, 0.25) is 0 Å². The molecule has 0 unspecified atom stereocenters. The summed E-state index contributed by atoms with van der Waals surface area (Å²) < 4.78 is 0. The lowest BCUT2D eigenvalue weighted by atomic mass is 10.1. The molecule has 0 radical (unpaired) electrons. The van der Waals surface area contributed by atoms with E-state index < -0.39 is 0 Å². The Morgan fingerprint density at radius 1 is 1.06 bits per heavy atom. The minimum Gasteiger partial charge on any atom is -0.359 e. The summed E-state index contributed by atoms with van der Waals surface area (Å²) in [5.41, 5.74) is 7.04. The average molecular weight is 247 g/mol. The molecule has 0 aromatic carbocycles. The highest BCUT2D eigenvalue weighted by molar-refractivity contribution is 5.63. The number of likely N-dealkylation sites (N-methyl/N-ethyl adjacent to an activating group) is 1. The van der Waals surface area contributed by atoms with E-state index in [1.165, 1.54) is 24.8 Å². The van der Waals surface area contributed by atoms with Crippen molar-refractivity contribution in [1.82, 2.24) is 9.97 Å². The Morgan fingerprint density at radius 3 is 2.50 bits per heavy atom. The Bertz CT molecular complexity index is 439. The summed E-state index contributed by atoms with van der Waals surface area (Å²) in [6.07, 6.45) is 4.94. The van der Waals surface area contributed by atoms with Gasteiger partial charge in [-0.3, -0.25) is 0 Å². The van der Waals surface area contributed by atoms with Crippen LogP contribution in [-0.2, 0) is 13.0 Å². The molecule has 2 aliphatic heterocycles. The number of nitrogens with zero attached hydrogens (tertiary/aromatic N) is 4. The van der Waals surface area contributed by atoms with Crippen LogP contribution in [0.4, 0.5) is 11.6 Å². The van der Waals surface area contributed by atoms with Gasteiger partial charge in [-0.2, -0.15) is 0 Å². The fourth-order valence-electron chi connectivity index (χ4n) is 2.89. The van der Waals surface area contributed by atoms with Crippen LogP contribution in [0, 0.1) is 0 Å². The zero-order valence-corrected chi connectivity index (χ0v) is 11.0. The first-order valence-corrected chi connectivity index (χ1v) is 6.85. The van der Waals surface area contributed by atoms with Crippen molar-refractivity contribution in [2.75, 3.05) is 36.5 Å². The molecule has 0 amide bonds. The van der Waals surface area contributed by atoms with Crippen molar-refractivity contribution in [2.45, 2.75) is 32.2 Å². The molecule has 2 N–H and O–H groups in total. The maximum Gasteiger partial charge on any atom is 0.146 e. The first-order valence-electron chi connectivity index (χ1n) is 6.85. The third kappa shape index (κ3) is 1.92. The molecule has 0 bridgehead atoms. The van der Waals surface area contributed by atoms with Crippen molar-refractivity contribution in [2.24, 2.45) is 5.73 Å². The van der Waals surface area contributed by atoms with Crippen molar-refractivity contribution >= 4 is 11.6 Å². The van der Waals surface area contributed by atoms with Gasteiger partial charge in [0.1, 0.15) is 17.5 Å². The second-order valence-corrected chi connectivity index (χ2v) is 5.19.